The molecular weight excluding hydrogens is 406 g/mol. The summed E-state index contributed by atoms with van der Waals surface area (Å²) in [4.78, 5) is 15.3. The number of aromatic amines is 1. The first-order valence-electron chi connectivity index (χ1n) is 10.4. The number of fused-ring (bicyclic) bond motifs is 1. The largest absolute Gasteiger partial charge is 0.326 e. The van der Waals surface area contributed by atoms with Gasteiger partial charge in [-0.1, -0.05) is 83.9 Å². The van der Waals surface area contributed by atoms with Crippen molar-refractivity contribution in [3.8, 4) is 11.3 Å². The standard InChI is InChI=1S/C26H22ClN3O/c1-17-10-12-19(13-11-17)23-22-24(29-28-23)26(31)30(15-14-18-6-3-2-4-7-18)25(22)20-8-5-9-21(27)16-20/h2-13,16,25H,14-15H2,1H3,(H,28,29). The average molecular weight is 428 g/mol. The molecule has 4 aromatic rings. The minimum Gasteiger partial charge on any atom is -0.326 e. The maximum absolute atomic E-state index is 13.4. The molecule has 0 spiro atoms. The zero-order chi connectivity index (χ0) is 21.4. The predicted molar refractivity (Wildman–Crippen MR) is 123 cm³/mol. The van der Waals surface area contributed by atoms with Crippen LogP contribution in [0.2, 0.25) is 5.02 Å². The number of carbonyl (C=O) groups excluding carboxylic acids is 1. The molecule has 154 valence electrons. The highest BCUT2D eigenvalue weighted by Gasteiger charge is 2.41. The van der Waals surface area contributed by atoms with Gasteiger partial charge in [-0.15, -0.1) is 0 Å². The molecule has 1 unspecified atom stereocenters. The van der Waals surface area contributed by atoms with Crippen LogP contribution in [0.1, 0.15) is 38.8 Å². The number of rotatable bonds is 5. The molecule has 31 heavy (non-hydrogen) atoms. The summed E-state index contributed by atoms with van der Waals surface area (Å²) in [5, 5.41) is 8.21. The lowest BCUT2D eigenvalue weighted by Gasteiger charge is -2.26. The van der Waals surface area contributed by atoms with Crippen LogP contribution in [-0.4, -0.2) is 27.5 Å². The lowest BCUT2D eigenvalue weighted by molar-refractivity contribution is 0.0746. The molecule has 0 saturated heterocycles. The van der Waals surface area contributed by atoms with Gasteiger partial charge in [0.25, 0.3) is 5.91 Å². The fourth-order valence-electron chi connectivity index (χ4n) is 4.28. The Labute approximate surface area is 186 Å². The molecule has 3 aromatic carbocycles. The molecule has 0 aliphatic carbocycles. The van der Waals surface area contributed by atoms with E-state index in [1.54, 1.807) is 0 Å². The van der Waals surface area contributed by atoms with Crippen molar-refractivity contribution in [3.63, 3.8) is 0 Å². The fourth-order valence-corrected chi connectivity index (χ4v) is 4.47. The zero-order valence-electron chi connectivity index (χ0n) is 17.2. The van der Waals surface area contributed by atoms with Gasteiger partial charge in [0.15, 0.2) is 0 Å². The Morgan fingerprint density at radius 2 is 1.77 bits per heavy atom. The molecule has 0 saturated carbocycles. The normalized spacial score (nSPS) is 15.4. The first-order chi connectivity index (χ1) is 15.1. The Morgan fingerprint density at radius 3 is 2.52 bits per heavy atom. The Balaban J connectivity index is 1.58. The Morgan fingerprint density at radius 1 is 1.00 bits per heavy atom. The molecule has 0 radical (unpaired) electrons. The minimum atomic E-state index is -0.236. The summed E-state index contributed by atoms with van der Waals surface area (Å²) >= 11 is 6.33. The van der Waals surface area contributed by atoms with E-state index < -0.39 is 0 Å². The van der Waals surface area contributed by atoms with Crippen molar-refractivity contribution in [2.24, 2.45) is 0 Å². The molecule has 5 heteroatoms. The first-order valence-corrected chi connectivity index (χ1v) is 10.8. The number of benzene rings is 3. The van der Waals surface area contributed by atoms with Gasteiger partial charge >= 0.3 is 0 Å². The minimum absolute atomic E-state index is 0.0261. The lowest BCUT2D eigenvalue weighted by Crippen LogP contribution is -2.31. The first kappa shape index (κ1) is 19.6. The molecule has 1 aliphatic rings. The fraction of sp³-hybridized carbons (Fsp3) is 0.154. The van der Waals surface area contributed by atoms with Crippen molar-refractivity contribution in [3.05, 3.63) is 112 Å². The third kappa shape index (κ3) is 3.64. The van der Waals surface area contributed by atoms with Gasteiger partial charge in [0, 0.05) is 22.7 Å². The van der Waals surface area contributed by atoms with E-state index in [1.807, 2.05) is 47.4 Å². The number of halogens is 1. The molecule has 4 nitrogen and oxygen atoms in total. The maximum atomic E-state index is 13.4. The quantitative estimate of drug-likeness (QED) is 0.435. The molecule has 2 heterocycles. The third-order valence-corrected chi connectivity index (χ3v) is 6.07. The summed E-state index contributed by atoms with van der Waals surface area (Å²) in [6, 6.07) is 26.0. The van der Waals surface area contributed by atoms with Crippen LogP contribution in [0.25, 0.3) is 11.3 Å². The van der Waals surface area contributed by atoms with E-state index in [0.717, 1.165) is 28.8 Å². The number of carbonyl (C=O) groups is 1. The van der Waals surface area contributed by atoms with Crippen LogP contribution < -0.4 is 0 Å². The van der Waals surface area contributed by atoms with Crippen LogP contribution >= 0.6 is 11.6 Å². The SMILES string of the molecule is Cc1ccc(-c2n[nH]c3c2C(c2cccc(Cl)c2)N(CCc2ccccc2)C3=O)cc1. The number of hydrogen-bond donors (Lipinski definition) is 1. The van der Waals surface area contributed by atoms with E-state index in [4.69, 9.17) is 11.6 Å². The van der Waals surface area contributed by atoms with Crippen LogP contribution in [0, 0.1) is 6.92 Å². The van der Waals surface area contributed by atoms with Gasteiger partial charge < -0.3 is 4.90 Å². The van der Waals surface area contributed by atoms with Crippen molar-refractivity contribution < 1.29 is 4.79 Å². The molecule has 0 fully saturated rings. The maximum Gasteiger partial charge on any atom is 0.273 e. The van der Waals surface area contributed by atoms with Crippen LogP contribution in [0.5, 0.6) is 0 Å². The molecule has 0 bridgehead atoms. The van der Waals surface area contributed by atoms with Gasteiger partial charge in [-0.05, 0) is 36.6 Å². The van der Waals surface area contributed by atoms with E-state index in [0.29, 0.717) is 17.3 Å². The molecule has 1 aromatic heterocycles. The zero-order valence-corrected chi connectivity index (χ0v) is 17.9. The Kier molecular flexibility index (Phi) is 5.08. The third-order valence-electron chi connectivity index (χ3n) is 5.84. The number of aryl methyl sites for hydroxylation is 1. The van der Waals surface area contributed by atoms with Gasteiger partial charge in [0.2, 0.25) is 0 Å². The Hall–Kier alpha value is -3.37. The number of amides is 1. The topological polar surface area (TPSA) is 49.0 Å². The van der Waals surface area contributed by atoms with Crippen molar-refractivity contribution >= 4 is 17.5 Å². The summed E-state index contributed by atoms with van der Waals surface area (Å²) in [6.07, 6.45) is 0.779. The molecule has 1 atom stereocenters. The van der Waals surface area contributed by atoms with Gasteiger partial charge in [0.1, 0.15) is 5.69 Å². The van der Waals surface area contributed by atoms with E-state index in [-0.39, 0.29) is 11.9 Å². The number of nitrogens with zero attached hydrogens (tertiary/aromatic N) is 2. The van der Waals surface area contributed by atoms with Crippen molar-refractivity contribution in [1.82, 2.24) is 15.1 Å². The van der Waals surface area contributed by atoms with E-state index >= 15 is 0 Å². The monoisotopic (exact) mass is 427 g/mol. The van der Waals surface area contributed by atoms with Gasteiger partial charge in [0.05, 0.1) is 11.7 Å². The number of hydrogen-bond acceptors (Lipinski definition) is 2. The highest BCUT2D eigenvalue weighted by molar-refractivity contribution is 6.30. The molecule has 1 N–H and O–H groups in total. The number of H-pyrrole nitrogens is 1. The highest BCUT2D eigenvalue weighted by atomic mass is 35.5. The molecule has 5 rings (SSSR count). The summed E-state index contributed by atoms with van der Waals surface area (Å²) < 4.78 is 0. The van der Waals surface area contributed by atoms with Crippen molar-refractivity contribution in [1.29, 1.82) is 0 Å². The molecule has 1 aliphatic heterocycles. The van der Waals surface area contributed by atoms with Crippen LogP contribution in [0.3, 0.4) is 0 Å². The highest BCUT2D eigenvalue weighted by Crippen LogP contribution is 2.43. The van der Waals surface area contributed by atoms with Crippen molar-refractivity contribution in [2.75, 3.05) is 6.54 Å². The average Bonchev–Trinajstić information content (AvgIpc) is 3.32. The molecular formula is C26H22ClN3O. The Bertz CT molecular complexity index is 1230. The van der Waals surface area contributed by atoms with Gasteiger partial charge in [-0.25, -0.2) is 0 Å². The lowest BCUT2D eigenvalue weighted by atomic mass is 9.95. The van der Waals surface area contributed by atoms with Crippen molar-refractivity contribution in [2.45, 2.75) is 19.4 Å². The van der Waals surface area contributed by atoms with Crippen LogP contribution in [0.4, 0.5) is 0 Å². The van der Waals surface area contributed by atoms with E-state index in [1.165, 1.54) is 11.1 Å². The number of nitrogens with one attached hydrogen (secondary N) is 1. The second-order valence-corrected chi connectivity index (χ2v) is 8.36. The van der Waals surface area contributed by atoms with Gasteiger partial charge in [-0.3, -0.25) is 9.89 Å². The summed E-state index contributed by atoms with van der Waals surface area (Å²) in [7, 11) is 0. The van der Waals surface area contributed by atoms with Crippen LogP contribution in [0.15, 0.2) is 78.9 Å². The van der Waals surface area contributed by atoms with E-state index in [9.17, 15) is 4.79 Å². The summed E-state index contributed by atoms with van der Waals surface area (Å²) in [5.74, 6) is -0.0261. The van der Waals surface area contributed by atoms with E-state index in [2.05, 4.69) is 53.5 Å². The molecule has 1 amide bonds. The summed E-state index contributed by atoms with van der Waals surface area (Å²) in [5.41, 5.74) is 6.67. The van der Waals surface area contributed by atoms with Crippen LogP contribution in [-0.2, 0) is 6.42 Å². The van der Waals surface area contributed by atoms with Gasteiger partial charge in [-0.2, -0.15) is 5.10 Å². The number of aromatic nitrogens is 2. The second-order valence-electron chi connectivity index (χ2n) is 7.92. The smallest absolute Gasteiger partial charge is 0.273 e. The predicted octanol–water partition coefficient (Wildman–Crippen LogP) is 5.83. The summed E-state index contributed by atoms with van der Waals surface area (Å²) in [6.45, 7) is 2.66. The second kappa shape index (κ2) is 8.05.